The third kappa shape index (κ3) is 6.41. The number of rotatable bonds is 8. The lowest BCUT2D eigenvalue weighted by molar-refractivity contribution is 0.0980. The van der Waals surface area contributed by atoms with Crippen LogP contribution >= 0.6 is 0 Å². The van der Waals surface area contributed by atoms with Crippen molar-refractivity contribution in [1.82, 2.24) is 9.71 Å². The second-order valence-corrected chi connectivity index (χ2v) is 9.33. The summed E-state index contributed by atoms with van der Waals surface area (Å²) in [4.78, 5) is 15.7. The van der Waals surface area contributed by atoms with E-state index in [9.17, 15) is 30.8 Å². The van der Waals surface area contributed by atoms with E-state index in [2.05, 4.69) is 10.3 Å². The van der Waals surface area contributed by atoms with Crippen molar-refractivity contribution in [2.75, 3.05) is 5.32 Å². The standard InChI is InChI=1S/C25H17F4N3O4S/c26-21-7-1-15(9-23(21)28)12-31-17-2-4-18(5-3-17)36-19-10-16(13-30-14-19)25(33)32-37(34,35)20-6-8-22(27)24(29)11-20/h1-11,13-14,31H,12H2,(H,32,33). The second-order valence-electron chi connectivity index (χ2n) is 7.65. The van der Waals surface area contributed by atoms with Crippen LogP contribution < -0.4 is 14.8 Å². The number of carbonyl (C=O) groups excluding carboxylic acids is 1. The molecule has 0 radical (unpaired) electrons. The van der Waals surface area contributed by atoms with Gasteiger partial charge in [0.1, 0.15) is 11.5 Å². The number of nitrogens with zero attached hydrogens (tertiary/aromatic N) is 1. The predicted molar refractivity (Wildman–Crippen MR) is 125 cm³/mol. The molecule has 0 saturated heterocycles. The van der Waals surface area contributed by atoms with Crippen molar-refractivity contribution in [2.24, 2.45) is 0 Å². The maximum absolute atomic E-state index is 13.4. The van der Waals surface area contributed by atoms with Crippen molar-refractivity contribution < 1.29 is 35.5 Å². The molecular weight excluding hydrogens is 514 g/mol. The van der Waals surface area contributed by atoms with Crippen molar-refractivity contribution in [2.45, 2.75) is 11.4 Å². The molecular formula is C25H17F4N3O4S. The number of aromatic nitrogens is 1. The van der Waals surface area contributed by atoms with Crippen LogP contribution in [0.1, 0.15) is 15.9 Å². The summed E-state index contributed by atoms with van der Waals surface area (Å²) in [7, 11) is -4.47. The lowest BCUT2D eigenvalue weighted by Gasteiger charge is -2.10. The van der Waals surface area contributed by atoms with Crippen LogP contribution in [-0.2, 0) is 16.6 Å². The van der Waals surface area contributed by atoms with E-state index in [-0.39, 0.29) is 17.9 Å². The molecule has 12 heteroatoms. The Morgan fingerprint density at radius 2 is 1.46 bits per heavy atom. The van der Waals surface area contributed by atoms with Crippen molar-refractivity contribution in [1.29, 1.82) is 0 Å². The lowest BCUT2D eigenvalue weighted by atomic mass is 10.2. The van der Waals surface area contributed by atoms with Crippen molar-refractivity contribution in [3.8, 4) is 11.5 Å². The number of hydrogen-bond acceptors (Lipinski definition) is 6. The molecule has 37 heavy (non-hydrogen) atoms. The van der Waals surface area contributed by atoms with Gasteiger partial charge in [-0.15, -0.1) is 0 Å². The Hall–Kier alpha value is -4.45. The van der Waals surface area contributed by atoms with Crippen LogP contribution in [0.4, 0.5) is 23.2 Å². The van der Waals surface area contributed by atoms with Gasteiger partial charge in [-0.2, -0.15) is 0 Å². The number of ether oxygens (including phenoxy) is 1. The third-order valence-electron chi connectivity index (χ3n) is 4.97. The van der Waals surface area contributed by atoms with E-state index >= 15 is 0 Å². The van der Waals surface area contributed by atoms with Gasteiger partial charge in [-0.1, -0.05) is 6.07 Å². The van der Waals surface area contributed by atoms with E-state index in [0.29, 0.717) is 29.1 Å². The molecule has 0 unspecified atom stereocenters. The summed E-state index contributed by atoms with van der Waals surface area (Å²) in [5.74, 6) is -5.03. The largest absolute Gasteiger partial charge is 0.456 e. The summed E-state index contributed by atoms with van der Waals surface area (Å²) in [6.07, 6.45) is 2.41. The van der Waals surface area contributed by atoms with Gasteiger partial charge in [0.05, 0.1) is 16.7 Å². The average molecular weight is 531 g/mol. The molecule has 0 fully saturated rings. The maximum Gasteiger partial charge on any atom is 0.266 e. The molecule has 7 nitrogen and oxygen atoms in total. The fourth-order valence-corrected chi connectivity index (χ4v) is 4.10. The first-order chi connectivity index (χ1) is 17.6. The minimum absolute atomic E-state index is 0.125. The molecule has 3 aromatic carbocycles. The molecule has 0 spiro atoms. The Balaban J connectivity index is 1.39. The highest BCUT2D eigenvalue weighted by molar-refractivity contribution is 7.90. The highest BCUT2D eigenvalue weighted by Crippen LogP contribution is 2.24. The van der Waals surface area contributed by atoms with Gasteiger partial charge in [0.2, 0.25) is 0 Å². The average Bonchev–Trinajstić information content (AvgIpc) is 2.87. The van der Waals surface area contributed by atoms with Gasteiger partial charge in [-0.05, 0) is 66.2 Å². The van der Waals surface area contributed by atoms with Crippen LogP contribution in [0.15, 0.2) is 84.0 Å². The van der Waals surface area contributed by atoms with E-state index in [1.807, 2.05) is 0 Å². The Bertz CT molecular complexity index is 1560. The molecule has 4 aromatic rings. The monoisotopic (exact) mass is 531 g/mol. The fourth-order valence-electron chi connectivity index (χ4n) is 3.11. The highest BCUT2D eigenvalue weighted by atomic mass is 32.2. The van der Waals surface area contributed by atoms with Crippen LogP contribution in [0.2, 0.25) is 0 Å². The minimum atomic E-state index is -4.47. The fraction of sp³-hybridized carbons (Fsp3) is 0.0400. The van der Waals surface area contributed by atoms with Gasteiger partial charge < -0.3 is 10.1 Å². The van der Waals surface area contributed by atoms with Crippen LogP contribution in [0.3, 0.4) is 0 Å². The second kappa shape index (κ2) is 10.7. The first-order valence-corrected chi connectivity index (χ1v) is 12.0. The highest BCUT2D eigenvalue weighted by Gasteiger charge is 2.21. The summed E-state index contributed by atoms with van der Waals surface area (Å²) >= 11 is 0. The number of anilines is 1. The zero-order chi connectivity index (χ0) is 26.6. The molecule has 1 heterocycles. The third-order valence-corrected chi connectivity index (χ3v) is 6.30. The quantitative estimate of drug-likeness (QED) is 0.305. The topological polar surface area (TPSA) is 97.4 Å². The number of benzene rings is 3. The van der Waals surface area contributed by atoms with Crippen molar-refractivity contribution in [3.05, 3.63) is 114 Å². The Morgan fingerprint density at radius 3 is 2.14 bits per heavy atom. The number of sulfonamides is 1. The van der Waals surface area contributed by atoms with Crippen molar-refractivity contribution in [3.63, 3.8) is 0 Å². The Labute approximate surface area is 208 Å². The number of halogens is 4. The molecule has 4 rings (SSSR count). The molecule has 1 aromatic heterocycles. The van der Waals surface area contributed by atoms with E-state index in [1.54, 1.807) is 29.0 Å². The molecule has 0 aliphatic heterocycles. The zero-order valence-electron chi connectivity index (χ0n) is 18.7. The molecule has 1 amide bonds. The first kappa shape index (κ1) is 25.6. The van der Waals surface area contributed by atoms with Crippen LogP contribution in [0, 0.1) is 23.3 Å². The van der Waals surface area contributed by atoms with E-state index in [4.69, 9.17) is 4.74 Å². The van der Waals surface area contributed by atoms with Crippen molar-refractivity contribution >= 4 is 21.6 Å². The summed E-state index contributed by atoms with van der Waals surface area (Å²) in [5.41, 5.74) is 1.06. The molecule has 0 atom stereocenters. The molecule has 0 bridgehead atoms. The smallest absolute Gasteiger partial charge is 0.266 e. The van der Waals surface area contributed by atoms with E-state index in [1.165, 1.54) is 18.3 Å². The molecule has 0 saturated carbocycles. The molecule has 0 aliphatic rings. The van der Waals surface area contributed by atoms with Gasteiger partial charge in [0.15, 0.2) is 23.3 Å². The van der Waals surface area contributed by atoms with Gasteiger partial charge in [-0.25, -0.2) is 30.7 Å². The van der Waals surface area contributed by atoms with E-state index < -0.39 is 44.1 Å². The first-order valence-electron chi connectivity index (χ1n) is 10.5. The lowest BCUT2D eigenvalue weighted by Crippen LogP contribution is -2.30. The summed E-state index contributed by atoms with van der Waals surface area (Å²) in [6, 6.07) is 13.3. The normalized spacial score (nSPS) is 11.1. The summed E-state index contributed by atoms with van der Waals surface area (Å²) in [5, 5.41) is 3.05. The number of amides is 1. The summed E-state index contributed by atoms with van der Waals surface area (Å²) < 4.78 is 85.0. The number of pyridine rings is 1. The Kier molecular flexibility index (Phi) is 7.39. The predicted octanol–water partition coefficient (Wildman–Crippen LogP) is 5.16. The van der Waals surface area contributed by atoms with E-state index in [0.717, 1.165) is 24.4 Å². The van der Waals surface area contributed by atoms with Gasteiger partial charge >= 0.3 is 0 Å². The Morgan fingerprint density at radius 1 is 0.784 bits per heavy atom. The maximum atomic E-state index is 13.4. The molecule has 2 N–H and O–H groups in total. The summed E-state index contributed by atoms with van der Waals surface area (Å²) in [6.45, 7) is 0.256. The van der Waals surface area contributed by atoms with Crippen LogP contribution in [0.25, 0.3) is 0 Å². The SMILES string of the molecule is O=C(NS(=O)(=O)c1ccc(F)c(F)c1)c1cncc(Oc2ccc(NCc3ccc(F)c(F)c3)cc2)c1. The van der Waals surface area contributed by atoms with Crippen LogP contribution in [-0.4, -0.2) is 19.3 Å². The minimum Gasteiger partial charge on any atom is -0.456 e. The van der Waals surface area contributed by atoms with Crippen LogP contribution in [0.5, 0.6) is 11.5 Å². The number of hydrogen-bond donors (Lipinski definition) is 2. The number of nitrogens with one attached hydrogen (secondary N) is 2. The zero-order valence-corrected chi connectivity index (χ0v) is 19.5. The van der Waals surface area contributed by atoms with Gasteiger partial charge in [0.25, 0.3) is 15.9 Å². The molecule has 0 aliphatic carbocycles. The van der Waals surface area contributed by atoms with Gasteiger partial charge in [0, 0.05) is 18.4 Å². The molecule has 190 valence electrons. The number of carbonyl (C=O) groups is 1. The van der Waals surface area contributed by atoms with Gasteiger partial charge in [-0.3, -0.25) is 9.78 Å².